The summed E-state index contributed by atoms with van der Waals surface area (Å²) in [7, 11) is 0. The SMILES string of the molecule is O=C(O)CN1CCC2(C=C(c3cccc4c3OC(F)(F)O4)c3ccccc3O2)CC1. The summed E-state index contributed by atoms with van der Waals surface area (Å²) in [5.74, 6) is -0.211. The molecule has 8 heteroatoms. The number of rotatable bonds is 3. The minimum atomic E-state index is -3.70. The molecule has 1 saturated heterocycles. The molecular formula is C22H19F2NO5. The van der Waals surface area contributed by atoms with E-state index in [9.17, 15) is 13.6 Å². The maximum absolute atomic E-state index is 13.7. The molecule has 0 aromatic heterocycles. The van der Waals surface area contributed by atoms with E-state index in [4.69, 9.17) is 14.6 Å². The number of aliphatic carboxylic acids is 1. The fourth-order valence-electron chi connectivity index (χ4n) is 4.30. The smallest absolute Gasteiger partial charge is 0.482 e. The van der Waals surface area contributed by atoms with E-state index in [0.717, 1.165) is 11.1 Å². The van der Waals surface area contributed by atoms with Gasteiger partial charge >= 0.3 is 12.3 Å². The first kappa shape index (κ1) is 18.9. The summed E-state index contributed by atoms with van der Waals surface area (Å²) in [6.45, 7) is 1.10. The van der Waals surface area contributed by atoms with E-state index < -0.39 is 17.9 Å². The second-order valence-corrected chi connectivity index (χ2v) is 7.69. The summed E-state index contributed by atoms with van der Waals surface area (Å²) in [6, 6.07) is 12.3. The molecule has 1 fully saturated rings. The average Bonchev–Trinajstić information content (AvgIpc) is 3.03. The molecular weight excluding hydrogens is 396 g/mol. The number of halogens is 2. The summed E-state index contributed by atoms with van der Waals surface area (Å²) >= 11 is 0. The Kier molecular flexibility index (Phi) is 4.21. The second-order valence-electron chi connectivity index (χ2n) is 7.69. The van der Waals surface area contributed by atoms with Crippen LogP contribution in [0.15, 0.2) is 48.5 Å². The number of carboxylic acid groups (broad SMARTS) is 1. The minimum absolute atomic E-state index is 0.00363. The van der Waals surface area contributed by atoms with Crippen molar-refractivity contribution < 1.29 is 32.9 Å². The van der Waals surface area contributed by atoms with Crippen molar-refractivity contribution in [3.8, 4) is 17.2 Å². The molecule has 1 N–H and O–H groups in total. The average molecular weight is 415 g/mol. The van der Waals surface area contributed by atoms with Crippen LogP contribution in [-0.4, -0.2) is 47.5 Å². The fourth-order valence-corrected chi connectivity index (χ4v) is 4.30. The number of likely N-dealkylation sites (tertiary alicyclic amines) is 1. The molecule has 0 unspecified atom stereocenters. The number of piperidine rings is 1. The van der Waals surface area contributed by atoms with Gasteiger partial charge in [0, 0.05) is 37.1 Å². The van der Waals surface area contributed by atoms with E-state index in [2.05, 4.69) is 4.74 Å². The number of carboxylic acids is 1. The molecule has 3 aliphatic heterocycles. The number of alkyl halides is 2. The Hall–Kier alpha value is -3.13. The topological polar surface area (TPSA) is 68.2 Å². The Bertz CT molecular complexity index is 1040. The molecule has 3 aliphatic rings. The molecule has 0 saturated carbocycles. The maximum atomic E-state index is 13.7. The molecule has 5 rings (SSSR count). The highest BCUT2D eigenvalue weighted by Crippen LogP contribution is 2.50. The van der Waals surface area contributed by atoms with Gasteiger partial charge in [-0.3, -0.25) is 9.69 Å². The number of benzene rings is 2. The molecule has 156 valence electrons. The van der Waals surface area contributed by atoms with Crippen LogP contribution in [0.1, 0.15) is 24.0 Å². The van der Waals surface area contributed by atoms with Crippen molar-refractivity contribution in [3.63, 3.8) is 0 Å². The second kappa shape index (κ2) is 6.70. The van der Waals surface area contributed by atoms with Crippen LogP contribution in [0.3, 0.4) is 0 Å². The lowest BCUT2D eigenvalue weighted by molar-refractivity contribution is -0.286. The summed E-state index contributed by atoms with van der Waals surface area (Å²) in [5.41, 5.74) is 1.38. The Morgan fingerprint density at radius 2 is 1.67 bits per heavy atom. The lowest BCUT2D eigenvalue weighted by atomic mass is 9.82. The van der Waals surface area contributed by atoms with Gasteiger partial charge in [-0.15, -0.1) is 8.78 Å². The van der Waals surface area contributed by atoms with Crippen molar-refractivity contribution >= 4 is 11.5 Å². The Balaban J connectivity index is 1.56. The van der Waals surface area contributed by atoms with Gasteiger partial charge in [-0.05, 0) is 23.8 Å². The van der Waals surface area contributed by atoms with Crippen LogP contribution in [0.4, 0.5) is 8.78 Å². The van der Waals surface area contributed by atoms with Crippen molar-refractivity contribution in [2.45, 2.75) is 24.7 Å². The Morgan fingerprint density at radius 3 is 2.43 bits per heavy atom. The van der Waals surface area contributed by atoms with E-state index in [1.807, 2.05) is 35.2 Å². The molecule has 6 nitrogen and oxygen atoms in total. The standard InChI is InChI=1S/C22H19F2NO5/c23-22(24)29-18-7-3-5-15(20(18)30-22)16-12-21(28-17-6-2-1-4-14(16)17)8-10-25(11-9-21)13-19(26)27/h1-7,12H,8-11,13H2,(H,26,27). The molecule has 0 bridgehead atoms. The third-order valence-corrected chi connectivity index (χ3v) is 5.68. The van der Waals surface area contributed by atoms with Crippen molar-refractivity contribution in [1.82, 2.24) is 4.90 Å². The number of fused-ring (bicyclic) bond motifs is 2. The largest absolute Gasteiger partial charge is 0.586 e. The van der Waals surface area contributed by atoms with E-state index in [-0.39, 0.29) is 18.0 Å². The third-order valence-electron chi connectivity index (χ3n) is 5.68. The first-order chi connectivity index (χ1) is 14.3. The van der Waals surface area contributed by atoms with Crippen LogP contribution in [0, 0.1) is 0 Å². The number of para-hydroxylation sites is 2. The predicted molar refractivity (Wildman–Crippen MR) is 103 cm³/mol. The summed E-state index contributed by atoms with van der Waals surface area (Å²) in [5, 5.41) is 9.05. The van der Waals surface area contributed by atoms with Crippen LogP contribution in [0.5, 0.6) is 17.2 Å². The predicted octanol–water partition coefficient (Wildman–Crippen LogP) is 3.75. The first-order valence-electron chi connectivity index (χ1n) is 9.69. The highest BCUT2D eigenvalue weighted by molar-refractivity contribution is 5.88. The quantitative estimate of drug-likeness (QED) is 0.824. The maximum Gasteiger partial charge on any atom is 0.586 e. The van der Waals surface area contributed by atoms with Gasteiger partial charge in [0.1, 0.15) is 11.4 Å². The van der Waals surface area contributed by atoms with Gasteiger partial charge in [-0.25, -0.2) is 0 Å². The van der Waals surface area contributed by atoms with Crippen LogP contribution >= 0.6 is 0 Å². The highest BCUT2D eigenvalue weighted by atomic mass is 19.3. The van der Waals surface area contributed by atoms with Crippen LogP contribution in [0.25, 0.3) is 5.57 Å². The minimum Gasteiger partial charge on any atom is -0.482 e. The zero-order valence-corrected chi connectivity index (χ0v) is 15.9. The van der Waals surface area contributed by atoms with Crippen LogP contribution in [-0.2, 0) is 4.79 Å². The summed E-state index contributed by atoms with van der Waals surface area (Å²) in [6.07, 6.45) is -0.576. The molecule has 2 aromatic carbocycles. The van der Waals surface area contributed by atoms with Gasteiger partial charge in [0.25, 0.3) is 0 Å². The molecule has 0 amide bonds. The zero-order chi connectivity index (χ0) is 20.9. The van der Waals surface area contributed by atoms with Crippen LogP contribution < -0.4 is 14.2 Å². The number of ether oxygens (including phenoxy) is 3. The lowest BCUT2D eigenvalue weighted by Crippen LogP contribution is -2.49. The summed E-state index contributed by atoms with van der Waals surface area (Å²) in [4.78, 5) is 12.9. The van der Waals surface area contributed by atoms with Gasteiger partial charge in [-0.1, -0.05) is 30.3 Å². The molecule has 30 heavy (non-hydrogen) atoms. The number of nitrogens with zero attached hydrogens (tertiary/aromatic N) is 1. The van der Waals surface area contributed by atoms with Crippen molar-refractivity contribution in [2.75, 3.05) is 19.6 Å². The van der Waals surface area contributed by atoms with E-state index in [1.165, 1.54) is 6.07 Å². The van der Waals surface area contributed by atoms with Gasteiger partial charge < -0.3 is 19.3 Å². The number of hydrogen-bond donors (Lipinski definition) is 1. The molecule has 1 spiro atoms. The normalized spacial score (nSPS) is 20.9. The zero-order valence-electron chi connectivity index (χ0n) is 15.9. The first-order valence-corrected chi connectivity index (χ1v) is 9.69. The molecule has 2 aromatic rings. The van der Waals surface area contributed by atoms with Crippen LogP contribution in [0.2, 0.25) is 0 Å². The molecule has 3 heterocycles. The lowest BCUT2D eigenvalue weighted by Gasteiger charge is -2.42. The van der Waals surface area contributed by atoms with Gasteiger partial charge in [0.15, 0.2) is 11.5 Å². The summed E-state index contributed by atoms with van der Waals surface area (Å²) < 4.78 is 43.3. The Morgan fingerprint density at radius 1 is 0.967 bits per heavy atom. The number of carbonyl (C=O) groups is 1. The van der Waals surface area contributed by atoms with E-state index in [0.29, 0.717) is 37.2 Å². The van der Waals surface area contributed by atoms with Crippen molar-refractivity contribution in [2.24, 2.45) is 0 Å². The van der Waals surface area contributed by atoms with Gasteiger partial charge in [0.2, 0.25) is 0 Å². The molecule has 0 atom stereocenters. The number of hydrogen-bond acceptors (Lipinski definition) is 5. The van der Waals surface area contributed by atoms with Crippen molar-refractivity contribution in [3.05, 3.63) is 59.7 Å². The highest BCUT2D eigenvalue weighted by Gasteiger charge is 2.46. The third kappa shape index (κ3) is 3.27. The van der Waals surface area contributed by atoms with E-state index in [1.54, 1.807) is 12.1 Å². The van der Waals surface area contributed by atoms with Gasteiger partial charge in [0.05, 0.1) is 6.54 Å². The fraction of sp³-hybridized carbons (Fsp3) is 0.318. The molecule has 0 aliphatic carbocycles. The van der Waals surface area contributed by atoms with E-state index >= 15 is 0 Å². The Labute approximate surface area is 171 Å². The van der Waals surface area contributed by atoms with Crippen molar-refractivity contribution in [1.29, 1.82) is 0 Å². The monoisotopic (exact) mass is 415 g/mol. The van der Waals surface area contributed by atoms with Gasteiger partial charge in [-0.2, -0.15) is 0 Å². The molecule has 0 radical (unpaired) electrons.